The Labute approximate surface area is 130 Å². The van der Waals surface area contributed by atoms with Crippen LogP contribution < -0.4 is 5.32 Å². The highest BCUT2D eigenvalue weighted by Crippen LogP contribution is 2.30. The maximum absolute atomic E-state index is 12.3. The topological polar surface area (TPSA) is 64.4 Å². The van der Waals surface area contributed by atoms with E-state index in [9.17, 15) is 4.79 Å². The van der Waals surface area contributed by atoms with Crippen LogP contribution in [0.5, 0.6) is 0 Å². The molecule has 0 spiro atoms. The van der Waals surface area contributed by atoms with Crippen LogP contribution >= 0.6 is 0 Å². The summed E-state index contributed by atoms with van der Waals surface area (Å²) in [5.74, 6) is 0.403. The second kappa shape index (κ2) is 5.30. The normalized spacial score (nSPS) is 18.5. The van der Waals surface area contributed by atoms with Gasteiger partial charge in [0.25, 0.3) is 0 Å². The van der Waals surface area contributed by atoms with E-state index in [0.717, 1.165) is 29.6 Å². The first-order chi connectivity index (χ1) is 10.3. The van der Waals surface area contributed by atoms with Crippen molar-refractivity contribution in [2.75, 3.05) is 11.9 Å². The monoisotopic (exact) mass is 302 g/mol. The maximum atomic E-state index is 12.3. The van der Waals surface area contributed by atoms with Gasteiger partial charge in [-0.05, 0) is 45.2 Å². The lowest BCUT2D eigenvalue weighted by Gasteiger charge is -2.23. The van der Waals surface area contributed by atoms with Crippen LogP contribution in [-0.4, -0.2) is 23.1 Å². The van der Waals surface area contributed by atoms with Gasteiger partial charge in [0.05, 0.1) is 5.92 Å². The zero-order valence-corrected chi connectivity index (χ0v) is 13.5. The van der Waals surface area contributed by atoms with Crippen molar-refractivity contribution in [2.45, 2.75) is 46.1 Å². The second-order valence-electron chi connectivity index (χ2n) is 6.86. The molecule has 1 aliphatic rings. The molecular weight excluding hydrogens is 280 g/mol. The lowest BCUT2D eigenvalue weighted by Crippen LogP contribution is -2.31. The lowest BCUT2D eigenvalue weighted by molar-refractivity contribution is -0.159. The number of carbonyl (C=O) groups is 1. The number of carbonyl (C=O) groups excluding carboxylic acids is 1. The average molecular weight is 302 g/mol. The Kier molecular flexibility index (Phi) is 3.59. The van der Waals surface area contributed by atoms with Crippen molar-refractivity contribution in [3.8, 4) is 0 Å². The van der Waals surface area contributed by atoms with Gasteiger partial charge in [0, 0.05) is 25.2 Å². The molecule has 0 radical (unpaired) electrons. The van der Waals surface area contributed by atoms with Crippen molar-refractivity contribution in [2.24, 2.45) is 5.92 Å². The quantitative estimate of drug-likeness (QED) is 0.817. The van der Waals surface area contributed by atoms with Crippen LogP contribution in [0.1, 0.15) is 38.6 Å². The van der Waals surface area contributed by atoms with E-state index in [2.05, 4.69) is 10.3 Å². The fraction of sp³-hybridized carbons (Fsp3) is 0.529. The van der Waals surface area contributed by atoms with Crippen LogP contribution in [0.2, 0.25) is 0 Å². The average Bonchev–Trinajstić information content (AvgIpc) is 2.62. The van der Waals surface area contributed by atoms with E-state index in [4.69, 9.17) is 9.15 Å². The summed E-state index contributed by atoms with van der Waals surface area (Å²) in [5.41, 5.74) is 3.40. The number of hydrogen-bond donors (Lipinski definition) is 1. The number of aromatic nitrogens is 1. The van der Waals surface area contributed by atoms with Crippen LogP contribution in [0.3, 0.4) is 0 Å². The molecule has 1 aromatic carbocycles. The Morgan fingerprint density at radius 3 is 2.91 bits per heavy atom. The van der Waals surface area contributed by atoms with E-state index < -0.39 is 5.60 Å². The molecule has 0 amide bonds. The number of anilines is 1. The van der Waals surface area contributed by atoms with E-state index in [1.807, 2.05) is 39.8 Å². The third-order valence-electron chi connectivity index (χ3n) is 3.76. The number of esters is 1. The Bertz CT molecular complexity index is 667. The molecule has 0 bridgehead atoms. The number of nitrogens with one attached hydrogen (secondary N) is 1. The zero-order chi connectivity index (χ0) is 15.9. The summed E-state index contributed by atoms with van der Waals surface area (Å²) in [5, 5.41) is 3.35. The Hall–Kier alpha value is -2.04. The number of fused-ring (bicyclic) bond motifs is 2. The van der Waals surface area contributed by atoms with Crippen LogP contribution in [-0.2, 0) is 16.0 Å². The number of aryl methyl sites for hydroxylation is 2. The molecule has 0 aliphatic carbocycles. The van der Waals surface area contributed by atoms with Crippen molar-refractivity contribution < 1.29 is 13.9 Å². The molecule has 22 heavy (non-hydrogen) atoms. The first-order valence-electron chi connectivity index (χ1n) is 7.68. The molecule has 3 rings (SSSR count). The van der Waals surface area contributed by atoms with Gasteiger partial charge >= 0.3 is 5.97 Å². The van der Waals surface area contributed by atoms with E-state index >= 15 is 0 Å². The second-order valence-corrected chi connectivity index (χ2v) is 6.86. The molecule has 1 unspecified atom stereocenters. The number of nitrogens with zero attached hydrogens (tertiary/aromatic N) is 1. The summed E-state index contributed by atoms with van der Waals surface area (Å²) in [7, 11) is 0. The fourth-order valence-corrected chi connectivity index (χ4v) is 2.75. The minimum absolute atomic E-state index is 0.132. The van der Waals surface area contributed by atoms with Crippen molar-refractivity contribution in [1.82, 2.24) is 4.98 Å². The van der Waals surface area contributed by atoms with Gasteiger partial charge in [-0.3, -0.25) is 4.79 Å². The third kappa shape index (κ3) is 3.08. The highest BCUT2D eigenvalue weighted by Gasteiger charge is 2.27. The Balaban J connectivity index is 1.79. The van der Waals surface area contributed by atoms with E-state index in [0.29, 0.717) is 12.4 Å². The van der Waals surface area contributed by atoms with Gasteiger partial charge < -0.3 is 14.5 Å². The number of benzene rings is 1. The zero-order valence-electron chi connectivity index (χ0n) is 13.5. The molecule has 1 aliphatic heterocycles. The first kappa shape index (κ1) is 14.9. The van der Waals surface area contributed by atoms with Crippen molar-refractivity contribution >= 4 is 22.8 Å². The number of oxazole rings is 1. The molecule has 2 aromatic rings. The molecule has 0 fully saturated rings. The third-order valence-corrected chi connectivity index (χ3v) is 3.76. The van der Waals surface area contributed by atoms with Gasteiger partial charge in [-0.25, -0.2) is 4.98 Å². The van der Waals surface area contributed by atoms with Gasteiger partial charge in [-0.2, -0.15) is 0 Å². The molecule has 5 nitrogen and oxygen atoms in total. The van der Waals surface area contributed by atoms with Crippen LogP contribution in [0.15, 0.2) is 16.5 Å². The smallest absolute Gasteiger partial charge is 0.311 e. The van der Waals surface area contributed by atoms with Gasteiger partial charge in [-0.1, -0.05) is 0 Å². The predicted octanol–water partition coefficient (Wildman–Crippen LogP) is 3.45. The maximum Gasteiger partial charge on any atom is 0.311 e. The van der Waals surface area contributed by atoms with E-state index in [1.54, 1.807) is 0 Å². The molecule has 0 saturated carbocycles. The molecule has 1 N–H and O–H groups in total. The Morgan fingerprint density at radius 1 is 1.41 bits per heavy atom. The van der Waals surface area contributed by atoms with Gasteiger partial charge in [-0.15, -0.1) is 0 Å². The number of ether oxygens (including phenoxy) is 1. The van der Waals surface area contributed by atoms with E-state index in [-0.39, 0.29) is 11.9 Å². The largest absolute Gasteiger partial charge is 0.460 e. The van der Waals surface area contributed by atoms with Crippen molar-refractivity contribution in [3.63, 3.8) is 0 Å². The highest BCUT2D eigenvalue weighted by molar-refractivity contribution is 5.81. The van der Waals surface area contributed by atoms with Crippen LogP contribution in [0.4, 0.5) is 5.69 Å². The highest BCUT2D eigenvalue weighted by atomic mass is 16.6. The fourth-order valence-electron chi connectivity index (χ4n) is 2.75. The molecule has 1 aromatic heterocycles. The molecule has 118 valence electrons. The molecule has 0 saturated heterocycles. The van der Waals surface area contributed by atoms with Crippen molar-refractivity contribution in [1.29, 1.82) is 0 Å². The SMILES string of the molecule is Cc1nc2cc3c(cc2o1)NCC(C(=O)OC(C)(C)C)CC3. The standard InChI is InChI=1S/C17H22N2O3/c1-10-19-14-7-11-5-6-12(16(20)22-17(2,3)4)9-18-13(11)8-15(14)21-10/h7-8,12,18H,5-6,9H2,1-4H3. The summed E-state index contributed by atoms with van der Waals surface area (Å²) < 4.78 is 11.1. The first-order valence-corrected chi connectivity index (χ1v) is 7.68. The molecule has 1 atom stereocenters. The lowest BCUT2D eigenvalue weighted by atomic mass is 10.0. The molecule has 2 heterocycles. The summed E-state index contributed by atoms with van der Waals surface area (Å²) >= 11 is 0. The van der Waals surface area contributed by atoms with Crippen LogP contribution in [0, 0.1) is 12.8 Å². The Morgan fingerprint density at radius 2 is 2.18 bits per heavy atom. The van der Waals surface area contributed by atoms with Gasteiger partial charge in [0.15, 0.2) is 11.5 Å². The number of hydrogen-bond acceptors (Lipinski definition) is 5. The number of rotatable bonds is 1. The van der Waals surface area contributed by atoms with Gasteiger partial charge in [0.2, 0.25) is 0 Å². The van der Waals surface area contributed by atoms with Crippen molar-refractivity contribution in [3.05, 3.63) is 23.6 Å². The molecular formula is C17H22N2O3. The molecule has 5 heteroatoms. The summed E-state index contributed by atoms with van der Waals surface area (Å²) in [4.78, 5) is 16.6. The summed E-state index contributed by atoms with van der Waals surface area (Å²) in [6, 6.07) is 4.02. The minimum Gasteiger partial charge on any atom is -0.460 e. The summed E-state index contributed by atoms with van der Waals surface area (Å²) in [6.07, 6.45) is 1.60. The van der Waals surface area contributed by atoms with E-state index in [1.165, 1.54) is 5.56 Å². The summed E-state index contributed by atoms with van der Waals surface area (Å²) in [6.45, 7) is 8.11. The minimum atomic E-state index is -0.447. The van der Waals surface area contributed by atoms with Crippen LogP contribution in [0.25, 0.3) is 11.1 Å². The predicted molar refractivity (Wildman–Crippen MR) is 84.9 cm³/mol. The van der Waals surface area contributed by atoms with Gasteiger partial charge in [0.1, 0.15) is 11.1 Å².